The minimum Gasteiger partial charge on any atom is -0.507 e. The predicted molar refractivity (Wildman–Crippen MR) is 113 cm³/mol. The second-order valence-corrected chi connectivity index (χ2v) is 8.27. The van der Waals surface area contributed by atoms with Gasteiger partial charge >= 0.3 is 0 Å². The van der Waals surface area contributed by atoms with Crippen LogP contribution in [0.2, 0.25) is 0 Å². The summed E-state index contributed by atoms with van der Waals surface area (Å²) in [4.78, 5) is 8.57. The molecular formula is C23H24FN5O2. The largest absolute Gasteiger partial charge is 0.507 e. The summed E-state index contributed by atoms with van der Waals surface area (Å²) in [7, 11) is 0. The van der Waals surface area contributed by atoms with E-state index in [0.717, 1.165) is 30.5 Å². The van der Waals surface area contributed by atoms with Crippen LogP contribution in [0.25, 0.3) is 22.5 Å². The molecule has 0 aliphatic carbocycles. The Kier molecular flexibility index (Phi) is 5.23. The minimum atomic E-state index is -1.06. The SMILES string of the molecule is Cc1cncc(-c2ccc(-c3ccc(O[C@H]4CC5CCCC(N5)[C@H]4F)nn3)c(O)c2)n1. The summed E-state index contributed by atoms with van der Waals surface area (Å²) < 4.78 is 20.6. The van der Waals surface area contributed by atoms with Crippen molar-refractivity contribution in [1.82, 2.24) is 25.5 Å². The molecule has 2 aliphatic heterocycles. The average molecular weight is 421 g/mol. The van der Waals surface area contributed by atoms with Crippen molar-refractivity contribution in [3.05, 3.63) is 48.4 Å². The van der Waals surface area contributed by atoms with E-state index < -0.39 is 12.3 Å². The first-order valence-electron chi connectivity index (χ1n) is 10.6. The molecular weight excluding hydrogens is 397 g/mol. The van der Waals surface area contributed by atoms with E-state index in [1.165, 1.54) is 0 Å². The first-order chi connectivity index (χ1) is 15.1. The topological polar surface area (TPSA) is 93.0 Å². The molecule has 8 heteroatoms. The molecule has 2 fully saturated rings. The standard InChI is InChI=1S/C23H24FN5O2/c1-13-11-25-12-19(26-13)14-5-6-16(20(30)9-14)17-7-8-22(29-28-17)31-21-10-15-3-2-4-18(27-15)23(21)24/h5-9,11-12,15,18,21,23,27,30H,2-4,10H2,1H3/t15?,18?,21-,23+/m0/s1. The molecule has 31 heavy (non-hydrogen) atoms. The number of phenolic OH excluding ortho intramolecular Hbond substituents is 1. The highest BCUT2D eigenvalue weighted by atomic mass is 19.1. The lowest BCUT2D eigenvalue weighted by molar-refractivity contribution is 0.00652. The van der Waals surface area contributed by atoms with Crippen molar-refractivity contribution in [2.75, 3.05) is 0 Å². The zero-order chi connectivity index (χ0) is 21.4. The van der Waals surface area contributed by atoms with Crippen molar-refractivity contribution >= 4 is 0 Å². The van der Waals surface area contributed by atoms with Crippen LogP contribution in [0.15, 0.2) is 42.7 Å². The van der Waals surface area contributed by atoms with Crippen LogP contribution in [0.3, 0.4) is 0 Å². The first-order valence-corrected chi connectivity index (χ1v) is 10.6. The van der Waals surface area contributed by atoms with Crippen LogP contribution >= 0.6 is 0 Å². The lowest BCUT2D eigenvalue weighted by Gasteiger charge is -2.42. The van der Waals surface area contributed by atoms with Crippen LogP contribution in [0, 0.1) is 6.92 Å². The Morgan fingerprint density at radius 2 is 2.00 bits per heavy atom. The van der Waals surface area contributed by atoms with Crippen LogP contribution in [0.4, 0.5) is 4.39 Å². The van der Waals surface area contributed by atoms with Crippen LogP contribution in [-0.4, -0.2) is 49.6 Å². The van der Waals surface area contributed by atoms with Gasteiger partial charge in [-0.25, -0.2) is 9.37 Å². The Labute approximate surface area is 179 Å². The van der Waals surface area contributed by atoms with Crippen molar-refractivity contribution in [1.29, 1.82) is 0 Å². The van der Waals surface area contributed by atoms with Crippen LogP contribution < -0.4 is 10.1 Å². The maximum Gasteiger partial charge on any atom is 0.233 e. The summed E-state index contributed by atoms with van der Waals surface area (Å²) in [5, 5.41) is 22.2. The molecule has 3 aromatic rings. The van der Waals surface area contributed by atoms with Gasteiger partial charge in [0.2, 0.25) is 5.88 Å². The number of benzene rings is 1. The van der Waals surface area contributed by atoms with Gasteiger partial charge < -0.3 is 15.2 Å². The predicted octanol–water partition coefficient (Wildman–Crippen LogP) is 3.61. The van der Waals surface area contributed by atoms with Gasteiger partial charge in [-0.15, -0.1) is 10.2 Å². The van der Waals surface area contributed by atoms with E-state index in [9.17, 15) is 9.50 Å². The van der Waals surface area contributed by atoms with Gasteiger partial charge in [0, 0.05) is 41.9 Å². The number of ether oxygens (including phenoxy) is 1. The molecule has 0 amide bonds. The number of fused-ring (bicyclic) bond motifs is 2. The average Bonchev–Trinajstić information content (AvgIpc) is 2.78. The zero-order valence-electron chi connectivity index (χ0n) is 17.2. The van der Waals surface area contributed by atoms with Crippen molar-refractivity contribution in [2.24, 2.45) is 0 Å². The molecule has 2 N–H and O–H groups in total. The van der Waals surface area contributed by atoms with Crippen molar-refractivity contribution in [2.45, 2.75) is 57.0 Å². The number of aryl methyl sites for hydroxylation is 1. The van der Waals surface area contributed by atoms with Crippen LogP contribution in [0.5, 0.6) is 11.6 Å². The van der Waals surface area contributed by atoms with Gasteiger partial charge in [0.15, 0.2) is 6.17 Å². The zero-order valence-corrected chi connectivity index (χ0v) is 17.2. The molecule has 4 atom stereocenters. The Bertz CT molecular complexity index is 1080. The number of halogens is 1. The van der Waals surface area contributed by atoms with E-state index in [1.807, 2.05) is 13.0 Å². The van der Waals surface area contributed by atoms with Gasteiger partial charge in [-0.2, -0.15) is 0 Å². The third-order valence-corrected chi connectivity index (χ3v) is 6.01. The fourth-order valence-corrected chi connectivity index (χ4v) is 4.47. The van der Waals surface area contributed by atoms with Crippen LogP contribution in [-0.2, 0) is 0 Å². The summed E-state index contributed by atoms with van der Waals surface area (Å²) >= 11 is 0. The summed E-state index contributed by atoms with van der Waals surface area (Å²) in [6.45, 7) is 1.87. The summed E-state index contributed by atoms with van der Waals surface area (Å²) in [5.41, 5.74) is 3.30. The van der Waals surface area contributed by atoms with Gasteiger partial charge in [0.1, 0.15) is 11.9 Å². The molecule has 4 heterocycles. The molecule has 0 radical (unpaired) electrons. The Balaban J connectivity index is 1.32. The molecule has 160 valence electrons. The number of aromatic nitrogens is 4. The van der Waals surface area contributed by atoms with E-state index in [4.69, 9.17) is 4.74 Å². The summed E-state index contributed by atoms with van der Waals surface area (Å²) in [5.74, 6) is 0.362. The normalized spacial score (nSPS) is 25.2. The number of hydrogen-bond donors (Lipinski definition) is 2. The highest BCUT2D eigenvalue weighted by molar-refractivity contribution is 5.72. The van der Waals surface area contributed by atoms with Gasteiger partial charge in [-0.1, -0.05) is 12.5 Å². The number of aromatic hydroxyl groups is 1. The summed E-state index contributed by atoms with van der Waals surface area (Å²) in [6.07, 6.45) is 5.34. The Morgan fingerprint density at radius 1 is 1.10 bits per heavy atom. The number of hydrogen-bond acceptors (Lipinski definition) is 7. The molecule has 0 saturated carbocycles. The number of piperidine rings is 2. The molecule has 5 rings (SSSR count). The molecule has 2 unspecified atom stereocenters. The van der Waals surface area contributed by atoms with E-state index in [2.05, 4.69) is 25.5 Å². The molecule has 2 saturated heterocycles. The fourth-order valence-electron chi connectivity index (χ4n) is 4.47. The van der Waals surface area contributed by atoms with Crippen LogP contribution in [0.1, 0.15) is 31.4 Å². The van der Waals surface area contributed by atoms with E-state index in [0.29, 0.717) is 35.3 Å². The van der Waals surface area contributed by atoms with Crippen molar-refractivity contribution in [3.63, 3.8) is 0 Å². The third kappa shape index (κ3) is 4.07. The number of phenols is 1. The fraction of sp³-hybridized carbons (Fsp3) is 0.391. The molecule has 2 bridgehead atoms. The monoisotopic (exact) mass is 421 g/mol. The van der Waals surface area contributed by atoms with Gasteiger partial charge in [-0.05, 0) is 38.0 Å². The number of nitrogens with zero attached hydrogens (tertiary/aromatic N) is 4. The maximum atomic E-state index is 14.7. The molecule has 7 nitrogen and oxygen atoms in total. The molecule has 0 spiro atoms. The number of alkyl halides is 1. The second-order valence-electron chi connectivity index (χ2n) is 8.27. The highest BCUT2D eigenvalue weighted by Crippen LogP contribution is 2.33. The third-order valence-electron chi connectivity index (χ3n) is 6.01. The lowest BCUT2D eigenvalue weighted by atomic mass is 9.84. The Hall–Kier alpha value is -3.13. The molecule has 1 aromatic carbocycles. The molecule has 2 aromatic heterocycles. The van der Waals surface area contributed by atoms with E-state index in [1.54, 1.807) is 36.7 Å². The highest BCUT2D eigenvalue weighted by Gasteiger charge is 2.41. The first kappa shape index (κ1) is 19.8. The van der Waals surface area contributed by atoms with E-state index >= 15 is 0 Å². The second kappa shape index (κ2) is 8.19. The molecule has 2 aliphatic rings. The quantitative estimate of drug-likeness (QED) is 0.665. The minimum absolute atomic E-state index is 0.0683. The van der Waals surface area contributed by atoms with Crippen molar-refractivity contribution < 1.29 is 14.2 Å². The number of rotatable bonds is 4. The maximum absolute atomic E-state index is 14.7. The Morgan fingerprint density at radius 3 is 2.77 bits per heavy atom. The lowest BCUT2D eigenvalue weighted by Crippen LogP contribution is -2.59. The van der Waals surface area contributed by atoms with Gasteiger partial charge in [-0.3, -0.25) is 4.98 Å². The van der Waals surface area contributed by atoms with Crippen molar-refractivity contribution in [3.8, 4) is 34.1 Å². The smallest absolute Gasteiger partial charge is 0.233 e. The van der Waals surface area contributed by atoms with Gasteiger partial charge in [0.25, 0.3) is 0 Å². The number of nitrogens with one attached hydrogen (secondary N) is 1. The van der Waals surface area contributed by atoms with Gasteiger partial charge in [0.05, 0.1) is 23.3 Å². The van der Waals surface area contributed by atoms with E-state index in [-0.39, 0.29) is 11.8 Å². The summed E-state index contributed by atoms with van der Waals surface area (Å²) in [6, 6.07) is 8.81.